The zero-order chi connectivity index (χ0) is 13.1. The maximum atomic E-state index is 12.6. The van der Waals surface area contributed by atoms with E-state index in [9.17, 15) is 13.2 Å². The van der Waals surface area contributed by atoms with E-state index in [2.05, 4.69) is 0 Å². The van der Waals surface area contributed by atoms with Gasteiger partial charge in [0.2, 0.25) is 6.10 Å². The molecule has 0 saturated carbocycles. The number of hydrogen-bond donors (Lipinski definition) is 1. The number of aryl methyl sites for hydroxylation is 1. The summed E-state index contributed by atoms with van der Waals surface area (Å²) in [6, 6.07) is 5.43. The van der Waals surface area contributed by atoms with Crippen molar-refractivity contribution in [1.82, 2.24) is 0 Å². The fourth-order valence-corrected chi connectivity index (χ4v) is 1.42. The summed E-state index contributed by atoms with van der Waals surface area (Å²) in [5, 5.41) is 0. The number of nitrogens with two attached hydrogens (primary N) is 1. The van der Waals surface area contributed by atoms with Gasteiger partial charge in [0.05, 0.1) is 0 Å². The minimum atomic E-state index is -4.46. The molecular formula is C12H16F3NO. The Morgan fingerprint density at radius 2 is 1.76 bits per heavy atom. The van der Waals surface area contributed by atoms with E-state index in [4.69, 9.17) is 10.5 Å². The van der Waals surface area contributed by atoms with Crippen molar-refractivity contribution >= 4 is 0 Å². The second kappa shape index (κ2) is 5.40. The second-order valence-electron chi connectivity index (χ2n) is 3.94. The Labute approximate surface area is 98.6 Å². The van der Waals surface area contributed by atoms with Crippen LogP contribution in [0.1, 0.15) is 19.4 Å². The zero-order valence-electron chi connectivity index (χ0n) is 9.79. The van der Waals surface area contributed by atoms with Crippen molar-refractivity contribution in [1.29, 1.82) is 0 Å². The van der Waals surface area contributed by atoms with E-state index in [1.807, 2.05) is 6.92 Å². The molecule has 0 bridgehead atoms. The highest BCUT2D eigenvalue weighted by atomic mass is 19.4. The summed E-state index contributed by atoms with van der Waals surface area (Å²) in [5.41, 5.74) is 6.32. The van der Waals surface area contributed by atoms with E-state index in [1.165, 1.54) is 19.1 Å². The van der Waals surface area contributed by atoms with Crippen LogP contribution in [0, 0.1) is 0 Å². The molecular weight excluding hydrogens is 231 g/mol. The lowest BCUT2D eigenvalue weighted by Crippen LogP contribution is -2.47. The van der Waals surface area contributed by atoms with Crippen LogP contribution in [0.4, 0.5) is 13.2 Å². The van der Waals surface area contributed by atoms with Crippen LogP contribution in [0.5, 0.6) is 5.75 Å². The van der Waals surface area contributed by atoms with Gasteiger partial charge in [0.1, 0.15) is 5.75 Å². The topological polar surface area (TPSA) is 35.2 Å². The average molecular weight is 247 g/mol. The molecule has 0 aliphatic rings. The first-order valence-corrected chi connectivity index (χ1v) is 5.42. The summed E-state index contributed by atoms with van der Waals surface area (Å²) in [4.78, 5) is 0. The number of ether oxygens (including phenoxy) is 1. The Morgan fingerprint density at radius 1 is 1.24 bits per heavy atom. The maximum Gasteiger partial charge on any atom is 0.426 e. The summed E-state index contributed by atoms with van der Waals surface area (Å²) in [6.45, 7) is 3.24. The summed E-state index contributed by atoms with van der Waals surface area (Å²) in [5.74, 6) is 0.182. The summed E-state index contributed by atoms with van der Waals surface area (Å²) in [6.07, 6.45) is -5.61. The van der Waals surface area contributed by atoms with Gasteiger partial charge in [-0.15, -0.1) is 0 Å². The molecule has 0 aromatic heterocycles. The van der Waals surface area contributed by atoms with Crippen molar-refractivity contribution in [2.45, 2.75) is 38.6 Å². The van der Waals surface area contributed by atoms with Crippen molar-refractivity contribution < 1.29 is 17.9 Å². The molecule has 0 spiro atoms. The van der Waals surface area contributed by atoms with Gasteiger partial charge in [-0.2, -0.15) is 13.2 Å². The van der Waals surface area contributed by atoms with Gasteiger partial charge in [-0.05, 0) is 31.0 Å². The Hall–Kier alpha value is -1.23. The van der Waals surface area contributed by atoms with Crippen molar-refractivity contribution in [3.63, 3.8) is 0 Å². The Kier molecular flexibility index (Phi) is 4.40. The highest BCUT2D eigenvalue weighted by Crippen LogP contribution is 2.27. The maximum absolute atomic E-state index is 12.6. The summed E-state index contributed by atoms with van der Waals surface area (Å²) in [7, 11) is 0. The van der Waals surface area contributed by atoms with E-state index in [1.54, 1.807) is 12.1 Å². The van der Waals surface area contributed by atoms with E-state index < -0.39 is 18.3 Å². The lowest BCUT2D eigenvalue weighted by Gasteiger charge is -2.24. The molecule has 0 aliphatic carbocycles. The molecule has 0 saturated heterocycles. The molecule has 96 valence electrons. The smallest absolute Gasteiger partial charge is 0.426 e. The Bertz CT molecular complexity index is 346. The van der Waals surface area contributed by atoms with Crippen molar-refractivity contribution in [3.8, 4) is 5.75 Å². The summed E-state index contributed by atoms with van der Waals surface area (Å²) >= 11 is 0. The largest absolute Gasteiger partial charge is 0.479 e. The molecule has 0 radical (unpaired) electrons. The van der Waals surface area contributed by atoms with Gasteiger partial charge >= 0.3 is 6.18 Å². The van der Waals surface area contributed by atoms with Crippen LogP contribution in [-0.2, 0) is 6.42 Å². The van der Waals surface area contributed by atoms with Crippen LogP contribution < -0.4 is 10.5 Å². The third-order valence-electron chi connectivity index (χ3n) is 2.39. The van der Waals surface area contributed by atoms with Crippen molar-refractivity contribution in [2.75, 3.05) is 0 Å². The predicted octanol–water partition coefficient (Wildman–Crippen LogP) is 2.91. The van der Waals surface area contributed by atoms with Crippen molar-refractivity contribution in [3.05, 3.63) is 29.8 Å². The van der Waals surface area contributed by atoms with Crippen LogP contribution in [-0.4, -0.2) is 18.3 Å². The Morgan fingerprint density at radius 3 is 2.12 bits per heavy atom. The van der Waals surface area contributed by atoms with Gasteiger partial charge in [0, 0.05) is 6.04 Å². The molecule has 0 fully saturated rings. The SMILES string of the molecule is CCc1ccc(OC(C(C)N)C(F)(F)F)cc1. The minimum Gasteiger partial charge on any atom is -0.479 e. The number of halogens is 3. The van der Waals surface area contributed by atoms with E-state index in [0.717, 1.165) is 12.0 Å². The van der Waals surface area contributed by atoms with Crippen LogP contribution >= 0.6 is 0 Å². The molecule has 2 nitrogen and oxygen atoms in total. The number of alkyl halides is 3. The molecule has 2 N–H and O–H groups in total. The number of benzene rings is 1. The van der Waals surface area contributed by atoms with Crippen LogP contribution in [0.25, 0.3) is 0 Å². The molecule has 0 amide bonds. The normalized spacial score (nSPS) is 15.4. The molecule has 1 rings (SSSR count). The first-order valence-electron chi connectivity index (χ1n) is 5.42. The monoisotopic (exact) mass is 247 g/mol. The first-order chi connectivity index (χ1) is 7.84. The van der Waals surface area contributed by atoms with Crippen LogP contribution in [0.15, 0.2) is 24.3 Å². The van der Waals surface area contributed by atoms with Gasteiger partial charge in [-0.25, -0.2) is 0 Å². The highest BCUT2D eigenvalue weighted by molar-refractivity contribution is 5.27. The molecule has 1 aromatic rings. The molecule has 0 heterocycles. The van der Waals surface area contributed by atoms with E-state index >= 15 is 0 Å². The quantitative estimate of drug-likeness (QED) is 0.887. The summed E-state index contributed by atoms with van der Waals surface area (Å²) < 4.78 is 42.7. The molecule has 2 atom stereocenters. The fourth-order valence-electron chi connectivity index (χ4n) is 1.42. The average Bonchev–Trinajstić information content (AvgIpc) is 2.24. The predicted molar refractivity (Wildman–Crippen MR) is 59.9 cm³/mol. The Balaban J connectivity index is 2.79. The lowest BCUT2D eigenvalue weighted by molar-refractivity contribution is -0.199. The van der Waals surface area contributed by atoms with Crippen LogP contribution in [0.3, 0.4) is 0 Å². The third kappa shape index (κ3) is 3.93. The number of hydrogen-bond acceptors (Lipinski definition) is 2. The lowest BCUT2D eigenvalue weighted by atomic mass is 10.1. The van der Waals surface area contributed by atoms with Gasteiger partial charge in [-0.1, -0.05) is 19.1 Å². The van der Waals surface area contributed by atoms with Crippen molar-refractivity contribution in [2.24, 2.45) is 5.73 Å². The highest BCUT2D eigenvalue weighted by Gasteiger charge is 2.44. The fraction of sp³-hybridized carbons (Fsp3) is 0.500. The molecule has 1 aromatic carbocycles. The van der Waals surface area contributed by atoms with Gasteiger partial charge in [-0.3, -0.25) is 0 Å². The molecule has 17 heavy (non-hydrogen) atoms. The zero-order valence-corrected chi connectivity index (χ0v) is 9.79. The first kappa shape index (κ1) is 13.8. The van der Waals surface area contributed by atoms with Gasteiger partial charge in [0.15, 0.2) is 0 Å². The van der Waals surface area contributed by atoms with Gasteiger partial charge in [0.25, 0.3) is 0 Å². The molecule has 2 unspecified atom stereocenters. The number of rotatable bonds is 4. The van der Waals surface area contributed by atoms with Gasteiger partial charge < -0.3 is 10.5 Å². The standard InChI is InChI=1S/C12H16F3NO/c1-3-9-4-6-10(7-5-9)17-11(8(2)16)12(13,14)15/h4-8,11H,3,16H2,1-2H3. The van der Waals surface area contributed by atoms with Crippen LogP contribution in [0.2, 0.25) is 0 Å². The van der Waals surface area contributed by atoms with E-state index in [0.29, 0.717) is 0 Å². The third-order valence-corrected chi connectivity index (χ3v) is 2.39. The minimum absolute atomic E-state index is 0.182. The molecule has 0 aliphatic heterocycles. The van der Waals surface area contributed by atoms with E-state index in [-0.39, 0.29) is 5.75 Å². The second-order valence-corrected chi connectivity index (χ2v) is 3.94. The molecule has 5 heteroatoms.